The van der Waals surface area contributed by atoms with E-state index in [1.54, 1.807) is 0 Å². The van der Waals surface area contributed by atoms with Crippen LogP contribution in [0.15, 0.2) is 18.2 Å². The van der Waals surface area contributed by atoms with E-state index in [2.05, 4.69) is 35.3 Å². The lowest BCUT2D eigenvalue weighted by atomic mass is 10.1. The molecule has 1 heterocycles. The minimum atomic E-state index is 0.850. The van der Waals surface area contributed by atoms with Gasteiger partial charge in [-0.15, -0.1) is 0 Å². The first-order chi connectivity index (χ1) is 9.33. The van der Waals surface area contributed by atoms with Gasteiger partial charge in [-0.25, -0.2) is 0 Å². The highest BCUT2D eigenvalue weighted by Gasteiger charge is 2.12. The molecular formula is C16H26N2O. The number of likely N-dealkylation sites (N-methyl/N-ethyl adjacent to an activating group) is 1. The Labute approximate surface area is 116 Å². The zero-order valence-electron chi connectivity index (χ0n) is 12.2. The van der Waals surface area contributed by atoms with Crippen molar-refractivity contribution in [3.8, 4) is 5.75 Å². The van der Waals surface area contributed by atoms with Crippen LogP contribution in [-0.4, -0.2) is 44.7 Å². The van der Waals surface area contributed by atoms with E-state index in [1.807, 2.05) is 7.05 Å². The van der Waals surface area contributed by atoms with Crippen molar-refractivity contribution in [1.82, 2.24) is 10.2 Å². The lowest BCUT2D eigenvalue weighted by Gasteiger charge is -2.21. The Kier molecular flexibility index (Phi) is 5.67. The molecule has 0 unspecified atom stereocenters. The van der Waals surface area contributed by atoms with Crippen LogP contribution in [-0.2, 0) is 12.8 Å². The number of nitrogens with one attached hydrogen (secondary N) is 1. The van der Waals surface area contributed by atoms with Gasteiger partial charge < -0.3 is 15.0 Å². The minimum absolute atomic E-state index is 0.850. The van der Waals surface area contributed by atoms with Crippen molar-refractivity contribution in [2.24, 2.45) is 0 Å². The van der Waals surface area contributed by atoms with Crippen LogP contribution in [0.3, 0.4) is 0 Å². The zero-order chi connectivity index (χ0) is 13.5. The molecule has 1 aliphatic rings. The highest BCUT2D eigenvalue weighted by atomic mass is 16.5. The smallest absolute Gasteiger partial charge is 0.122 e. The molecule has 0 bridgehead atoms. The molecule has 1 aromatic carbocycles. The topological polar surface area (TPSA) is 24.5 Å². The van der Waals surface area contributed by atoms with Crippen molar-refractivity contribution in [1.29, 1.82) is 0 Å². The standard InChI is InChI=1S/C16H26N2O/c1-3-9-18(11-8-17-2)10-6-14-4-5-16-15(13-14)7-12-19-16/h4-5,13,17H,3,6-12H2,1-2H3. The number of rotatable bonds is 8. The molecule has 0 aliphatic carbocycles. The molecule has 0 fully saturated rings. The highest BCUT2D eigenvalue weighted by molar-refractivity contribution is 5.39. The molecule has 1 aromatic rings. The summed E-state index contributed by atoms with van der Waals surface area (Å²) in [5.41, 5.74) is 2.82. The maximum atomic E-state index is 5.55. The summed E-state index contributed by atoms with van der Waals surface area (Å²) in [5.74, 6) is 1.09. The molecule has 19 heavy (non-hydrogen) atoms. The van der Waals surface area contributed by atoms with Crippen molar-refractivity contribution >= 4 is 0 Å². The molecule has 0 saturated carbocycles. The fourth-order valence-corrected chi connectivity index (χ4v) is 2.60. The van der Waals surface area contributed by atoms with Crippen LogP contribution in [0.5, 0.6) is 5.75 Å². The van der Waals surface area contributed by atoms with Crippen LogP contribution in [0.4, 0.5) is 0 Å². The predicted molar refractivity (Wildman–Crippen MR) is 80.0 cm³/mol. The van der Waals surface area contributed by atoms with Crippen LogP contribution >= 0.6 is 0 Å². The van der Waals surface area contributed by atoms with E-state index in [9.17, 15) is 0 Å². The Balaban J connectivity index is 1.85. The summed E-state index contributed by atoms with van der Waals surface area (Å²) >= 11 is 0. The molecule has 0 atom stereocenters. The molecule has 1 aliphatic heterocycles. The first-order valence-corrected chi connectivity index (χ1v) is 7.45. The van der Waals surface area contributed by atoms with Gasteiger partial charge in [0.1, 0.15) is 5.75 Å². The maximum Gasteiger partial charge on any atom is 0.122 e. The van der Waals surface area contributed by atoms with E-state index < -0.39 is 0 Å². The van der Waals surface area contributed by atoms with Crippen molar-refractivity contribution in [3.63, 3.8) is 0 Å². The highest BCUT2D eigenvalue weighted by Crippen LogP contribution is 2.26. The van der Waals surface area contributed by atoms with E-state index in [0.29, 0.717) is 0 Å². The Hall–Kier alpha value is -1.06. The third-order valence-electron chi connectivity index (χ3n) is 3.69. The molecule has 0 amide bonds. The summed E-state index contributed by atoms with van der Waals surface area (Å²) in [6, 6.07) is 6.67. The van der Waals surface area contributed by atoms with Crippen molar-refractivity contribution in [3.05, 3.63) is 29.3 Å². The van der Waals surface area contributed by atoms with Crippen molar-refractivity contribution < 1.29 is 4.74 Å². The monoisotopic (exact) mass is 262 g/mol. The number of nitrogens with zero attached hydrogens (tertiary/aromatic N) is 1. The Morgan fingerprint density at radius 1 is 1.26 bits per heavy atom. The molecule has 2 rings (SSSR count). The average molecular weight is 262 g/mol. The molecule has 106 valence electrons. The summed E-state index contributed by atoms with van der Waals surface area (Å²) in [6.07, 6.45) is 3.43. The maximum absolute atomic E-state index is 5.55. The second-order valence-electron chi connectivity index (χ2n) is 5.24. The van der Waals surface area contributed by atoms with Gasteiger partial charge in [0.15, 0.2) is 0 Å². The molecule has 0 aromatic heterocycles. The molecule has 1 N–H and O–H groups in total. The van der Waals surface area contributed by atoms with Gasteiger partial charge >= 0.3 is 0 Å². The first-order valence-electron chi connectivity index (χ1n) is 7.45. The summed E-state index contributed by atoms with van der Waals surface area (Å²) in [6.45, 7) is 7.64. The van der Waals surface area contributed by atoms with Gasteiger partial charge in [-0.1, -0.05) is 19.1 Å². The summed E-state index contributed by atoms with van der Waals surface area (Å²) in [5, 5.41) is 3.23. The van der Waals surface area contributed by atoms with Gasteiger partial charge in [-0.05, 0) is 43.6 Å². The minimum Gasteiger partial charge on any atom is -0.493 e. The van der Waals surface area contributed by atoms with Gasteiger partial charge in [0.2, 0.25) is 0 Å². The first kappa shape index (κ1) is 14.4. The quantitative estimate of drug-likeness (QED) is 0.776. The number of hydrogen-bond donors (Lipinski definition) is 1. The number of ether oxygens (including phenoxy) is 1. The van der Waals surface area contributed by atoms with Gasteiger partial charge in [-0.3, -0.25) is 0 Å². The summed E-state index contributed by atoms with van der Waals surface area (Å²) < 4.78 is 5.55. The fourth-order valence-electron chi connectivity index (χ4n) is 2.60. The lowest BCUT2D eigenvalue weighted by molar-refractivity contribution is 0.279. The zero-order valence-corrected chi connectivity index (χ0v) is 12.2. The second-order valence-corrected chi connectivity index (χ2v) is 5.24. The summed E-state index contributed by atoms with van der Waals surface area (Å²) in [7, 11) is 2.02. The van der Waals surface area contributed by atoms with Crippen LogP contribution < -0.4 is 10.1 Å². The Morgan fingerprint density at radius 3 is 2.95 bits per heavy atom. The normalized spacial score (nSPS) is 13.6. The molecule has 3 heteroatoms. The van der Waals surface area contributed by atoms with Gasteiger partial charge in [0.25, 0.3) is 0 Å². The fraction of sp³-hybridized carbons (Fsp3) is 0.625. The summed E-state index contributed by atoms with van der Waals surface area (Å²) in [4.78, 5) is 2.54. The number of hydrogen-bond acceptors (Lipinski definition) is 3. The van der Waals surface area contributed by atoms with E-state index in [4.69, 9.17) is 4.74 Å². The Bertz CT molecular complexity index is 392. The van der Waals surface area contributed by atoms with Crippen LogP contribution in [0.25, 0.3) is 0 Å². The average Bonchev–Trinajstić information content (AvgIpc) is 2.89. The van der Waals surface area contributed by atoms with Gasteiger partial charge in [0.05, 0.1) is 6.61 Å². The van der Waals surface area contributed by atoms with E-state index in [-0.39, 0.29) is 0 Å². The van der Waals surface area contributed by atoms with Crippen molar-refractivity contribution in [2.45, 2.75) is 26.2 Å². The molecule has 0 spiro atoms. The van der Waals surface area contributed by atoms with Gasteiger partial charge in [0, 0.05) is 26.1 Å². The molecule has 0 saturated heterocycles. The second kappa shape index (κ2) is 7.51. The third-order valence-corrected chi connectivity index (χ3v) is 3.69. The number of benzene rings is 1. The van der Waals surface area contributed by atoms with Crippen LogP contribution in [0.1, 0.15) is 24.5 Å². The number of fused-ring (bicyclic) bond motifs is 1. The lowest BCUT2D eigenvalue weighted by Crippen LogP contribution is -2.33. The van der Waals surface area contributed by atoms with Crippen LogP contribution in [0.2, 0.25) is 0 Å². The van der Waals surface area contributed by atoms with Crippen molar-refractivity contribution in [2.75, 3.05) is 39.8 Å². The van der Waals surface area contributed by atoms with E-state index in [0.717, 1.165) is 44.8 Å². The molecule has 3 nitrogen and oxygen atoms in total. The van der Waals surface area contributed by atoms with Crippen LogP contribution in [0, 0.1) is 0 Å². The molecular weight excluding hydrogens is 236 g/mol. The largest absolute Gasteiger partial charge is 0.493 e. The predicted octanol–water partition coefficient (Wildman–Crippen LogP) is 2.10. The van der Waals surface area contributed by atoms with E-state index in [1.165, 1.54) is 24.1 Å². The SMILES string of the molecule is CCCN(CCNC)CCc1ccc2c(c1)CCO2. The molecule has 0 radical (unpaired) electrons. The van der Waals surface area contributed by atoms with E-state index >= 15 is 0 Å². The Morgan fingerprint density at radius 2 is 2.16 bits per heavy atom. The third kappa shape index (κ3) is 4.22. The van der Waals surface area contributed by atoms with Gasteiger partial charge in [-0.2, -0.15) is 0 Å².